The van der Waals surface area contributed by atoms with E-state index in [-0.39, 0.29) is 0 Å². The Morgan fingerprint density at radius 3 is 0.629 bits per heavy atom. The highest BCUT2D eigenvalue weighted by molar-refractivity contribution is 6.59. The number of hydrogen-bond acceptors (Lipinski definition) is 3. The SMILES string of the molecule is O[Si](O)(O)C(F)(F)C(F)(F)C(F)(F)C(F)(F)C(F)(F)C(F)(F)C(F)(F)C(F)(F)C(F)(F)C(F)(F)F. The van der Waals surface area contributed by atoms with E-state index >= 15 is 0 Å². The molecule has 0 bridgehead atoms. The van der Waals surface area contributed by atoms with E-state index in [9.17, 15) is 92.2 Å². The number of rotatable bonds is 9. The first-order valence-corrected chi connectivity index (χ1v) is 8.98. The molecule has 0 saturated heterocycles. The maximum atomic E-state index is 13.3. The molecule has 0 saturated carbocycles. The van der Waals surface area contributed by atoms with Gasteiger partial charge in [-0.15, -0.1) is 0 Å². The van der Waals surface area contributed by atoms with Crippen LogP contribution in [-0.2, 0) is 0 Å². The molecule has 0 fully saturated rings. The molecular weight excluding hydrogens is 595 g/mol. The third-order valence-corrected chi connectivity index (χ3v) is 5.09. The second kappa shape index (κ2) is 7.81. The van der Waals surface area contributed by atoms with Crippen molar-refractivity contribution in [1.82, 2.24) is 0 Å². The molecule has 35 heavy (non-hydrogen) atoms. The summed E-state index contributed by atoms with van der Waals surface area (Å²) in [6, 6.07) is 0. The third kappa shape index (κ3) is 3.90. The van der Waals surface area contributed by atoms with Crippen LogP contribution in [0.2, 0.25) is 0 Å². The van der Waals surface area contributed by atoms with Crippen LogP contribution in [0.3, 0.4) is 0 Å². The van der Waals surface area contributed by atoms with E-state index in [1.165, 1.54) is 0 Å². The van der Waals surface area contributed by atoms with Crippen molar-refractivity contribution >= 4 is 8.80 Å². The fourth-order valence-electron chi connectivity index (χ4n) is 1.77. The lowest BCUT2D eigenvalue weighted by atomic mass is 9.87. The Kier molecular flexibility index (Phi) is 7.51. The zero-order valence-electron chi connectivity index (χ0n) is 14.8. The number of alkyl halides is 21. The van der Waals surface area contributed by atoms with E-state index in [0.29, 0.717) is 0 Å². The molecule has 0 aromatic carbocycles. The van der Waals surface area contributed by atoms with Crippen LogP contribution >= 0.6 is 0 Å². The first-order valence-electron chi connectivity index (χ1n) is 7.14. The van der Waals surface area contributed by atoms with Gasteiger partial charge in [-0.3, -0.25) is 0 Å². The highest BCUT2D eigenvalue weighted by Crippen LogP contribution is 2.66. The fourth-order valence-corrected chi connectivity index (χ4v) is 2.35. The Labute approximate surface area is 176 Å². The van der Waals surface area contributed by atoms with E-state index in [1.807, 2.05) is 0 Å². The molecule has 0 unspecified atom stereocenters. The van der Waals surface area contributed by atoms with Crippen molar-refractivity contribution in [3.8, 4) is 0 Å². The van der Waals surface area contributed by atoms with Gasteiger partial charge < -0.3 is 14.4 Å². The van der Waals surface area contributed by atoms with Gasteiger partial charge in [-0.2, -0.15) is 92.2 Å². The lowest BCUT2D eigenvalue weighted by Gasteiger charge is -2.44. The van der Waals surface area contributed by atoms with Gasteiger partial charge in [0.05, 0.1) is 0 Å². The minimum atomic E-state index is -9.33. The van der Waals surface area contributed by atoms with Crippen molar-refractivity contribution < 1.29 is 107 Å². The summed E-state index contributed by atoms with van der Waals surface area (Å²) in [5.41, 5.74) is -7.78. The molecule has 0 rings (SSSR count). The predicted octanol–water partition coefficient (Wildman–Crippen LogP) is 4.72. The second-order valence-corrected chi connectivity index (χ2v) is 8.20. The molecule has 0 aliphatic carbocycles. The molecular formula is C10H3F21O3Si. The number of hydrogen-bond donors (Lipinski definition) is 3. The van der Waals surface area contributed by atoms with Crippen molar-refractivity contribution in [2.45, 2.75) is 59.1 Å². The van der Waals surface area contributed by atoms with Crippen LogP contribution in [0.25, 0.3) is 0 Å². The van der Waals surface area contributed by atoms with E-state index in [1.54, 1.807) is 0 Å². The smallest absolute Gasteiger partial charge is 0.386 e. The van der Waals surface area contributed by atoms with E-state index < -0.39 is 67.9 Å². The van der Waals surface area contributed by atoms with E-state index in [0.717, 1.165) is 0 Å². The Balaban J connectivity index is 7.15. The highest BCUT2D eigenvalue weighted by atomic mass is 28.4. The zero-order chi connectivity index (χ0) is 29.5. The second-order valence-electron chi connectivity index (χ2n) is 6.30. The highest BCUT2D eigenvalue weighted by Gasteiger charge is 2.98. The largest absolute Gasteiger partial charge is 0.574 e. The maximum absolute atomic E-state index is 13.3. The molecule has 0 aliphatic heterocycles. The third-order valence-electron chi connectivity index (χ3n) is 3.93. The molecule has 0 heterocycles. The first-order chi connectivity index (χ1) is 14.5. The summed E-state index contributed by atoms with van der Waals surface area (Å²) in [5, 5.41) is 0. The summed E-state index contributed by atoms with van der Waals surface area (Å²) in [4.78, 5) is 23.9. The van der Waals surface area contributed by atoms with Crippen molar-refractivity contribution in [2.75, 3.05) is 0 Å². The van der Waals surface area contributed by atoms with Crippen LogP contribution in [0.15, 0.2) is 0 Å². The normalized spacial score (nSPS) is 17.1. The molecule has 0 radical (unpaired) electrons. The summed E-state index contributed by atoms with van der Waals surface area (Å²) in [6.07, 6.45) is -8.07. The Bertz CT molecular complexity index is 728. The van der Waals surface area contributed by atoms with Gasteiger partial charge in [-0.05, 0) is 0 Å². The molecule has 0 spiro atoms. The molecule has 0 amide bonds. The van der Waals surface area contributed by atoms with Crippen LogP contribution in [0.1, 0.15) is 0 Å². The summed E-state index contributed by atoms with van der Waals surface area (Å²) in [6.45, 7) is 0. The van der Waals surface area contributed by atoms with Crippen molar-refractivity contribution in [3.05, 3.63) is 0 Å². The first kappa shape index (κ1) is 33.6. The Morgan fingerprint density at radius 2 is 0.457 bits per heavy atom. The van der Waals surface area contributed by atoms with E-state index in [2.05, 4.69) is 0 Å². The lowest BCUT2D eigenvalue weighted by molar-refractivity contribution is -0.473. The molecule has 0 aromatic rings. The monoisotopic (exact) mass is 598 g/mol. The molecule has 212 valence electrons. The fraction of sp³-hybridized carbons (Fsp3) is 1.00. The van der Waals surface area contributed by atoms with Crippen LogP contribution < -0.4 is 0 Å². The van der Waals surface area contributed by atoms with Gasteiger partial charge in [0, 0.05) is 0 Å². The van der Waals surface area contributed by atoms with Gasteiger partial charge in [-0.25, -0.2) is 0 Å². The molecule has 0 aromatic heterocycles. The molecule has 3 N–H and O–H groups in total. The van der Waals surface area contributed by atoms with Crippen molar-refractivity contribution in [1.29, 1.82) is 0 Å². The minimum absolute atomic E-state index is 7.78. The minimum Gasteiger partial charge on any atom is -0.386 e. The average molecular weight is 598 g/mol. The van der Waals surface area contributed by atoms with Gasteiger partial charge in [0.15, 0.2) is 0 Å². The maximum Gasteiger partial charge on any atom is 0.574 e. The van der Waals surface area contributed by atoms with Crippen molar-refractivity contribution in [3.63, 3.8) is 0 Å². The summed E-state index contributed by atoms with van der Waals surface area (Å²) >= 11 is 0. The van der Waals surface area contributed by atoms with Gasteiger partial charge in [-0.1, -0.05) is 0 Å². The van der Waals surface area contributed by atoms with Crippen molar-refractivity contribution in [2.24, 2.45) is 0 Å². The molecule has 0 atom stereocenters. The van der Waals surface area contributed by atoms with Crippen LogP contribution in [0.4, 0.5) is 92.2 Å². The lowest BCUT2D eigenvalue weighted by Crippen LogP contribution is -2.78. The van der Waals surface area contributed by atoms with Crippen LogP contribution in [0, 0.1) is 0 Å². The van der Waals surface area contributed by atoms with Gasteiger partial charge in [0.1, 0.15) is 0 Å². The van der Waals surface area contributed by atoms with Gasteiger partial charge in [0.25, 0.3) is 0 Å². The Hall–Kier alpha value is -1.37. The average Bonchev–Trinajstić information content (AvgIpc) is 2.58. The molecule has 0 aliphatic rings. The Morgan fingerprint density at radius 1 is 0.286 bits per heavy atom. The van der Waals surface area contributed by atoms with E-state index in [4.69, 9.17) is 14.4 Å². The number of halogens is 21. The molecule has 25 heteroatoms. The van der Waals surface area contributed by atoms with Gasteiger partial charge >= 0.3 is 67.9 Å². The summed E-state index contributed by atoms with van der Waals surface area (Å²) < 4.78 is 271. The van der Waals surface area contributed by atoms with Crippen LogP contribution in [0.5, 0.6) is 0 Å². The van der Waals surface area contributed by atoms with Gasteiger partial charge in [0.2, 0.25) is 0 Å². The summed E-state index contributed by atoms with van der Waals surface area (Å²) in [7, 11) is -8.25. The standard InChI is InChI=1S/C10H3F21O3Si/c11-1(12,3(15,16)5(19,20)7(23,24)9(27,28)29)2(13,14)4(17,18)6(21,22)8(25,26)10(30,31)35(32,33)34/h32-34H. The van der Waals surface area contributed by atoms with Crippen LogP contribution in [-0.4, -0.2) is 82.3 Å². The zero-order valence-corrected chi connectivity index (χ0v) is 15.8. The predicted molar refractivity (Wildman–Crippen MR) is 63.0 cm³/mol. The quantitative estimate of drug-likeness (QED) is 0.266. The summed E-state index contributed by atoms with van der Waals surface area (Å²) in [5.74, 6) is -72.1. The molecule has 3 nitrogen and oxygen atoms in total. The topological polar surface area (TPSA) is 60.7 Å².